The Morgan fingerprint density at radius 3 is 2.56 bits per heavy atom. The van der Waals surface area contributed by atoms with Crippen LogP contribution in [0.15, 0.2) is 24.4 Å². The van der Waals surface area contributed by atoms with Crippen molar-refractivity contribution in [1.29, 1.82) is 0 Å². The summed E-state index contributed by atoms with van der Waals surface area (Å²) in [6, 6.07) is 4.58. The second-order valence-electron chi connectivity index (χ2n) is 10.7. The van der Waals surface area contributed by atoms with Gasteiger partial charge in [-0.25, -0.2) is 9.37 Å². The molecule has 0 spiro atoms. The monoisotopic (exact) mass is 548 g/mol. The molecule has 1 N–H and O–H groups in total. The molecule has 36 heavy (non-hydrogen) atoms. The van der Waals surface area contributed by atoms with Crippen LogP contribution in [0.4, 0.5) is 10.2 Å². The number of tetrazole rings is 1. The highest BCUT2D eigenvalue weighted by molar-refractivity contribution is 8.15. The van der Waals surface area contributed by atoms with Gasteiger partial charge in [0.25, 0.3) is 0 Å². The average Bonchev–Trinajstić information content (AvgIpc) is 3.32. The lowest BCUT2D eigenvalue weighted by Crippen LogP contribution is -2.57. The molecule has 0 radical (unpaired) electrons. The van der Waals surface area contributed by atoms with E-state index in [0.29, 0.717) is 16.9 Å². The average molecular weight is 549 g/mol. The first kappa shape index (κ1) is 25.5. The van der Waals surface area contributed by atoms with E-state index in [1.54, 1.807) is 18.3 Å². The Hall–Kier alpha value is -2.12. The minimum atomic E-state index is -1.21. The molecule has 0 saturated heterocycles. The highest BCUT2D eigenvalue weighted by atomic mass is 32.2. The van der Waals surface area contributed by atoms with E-state index in [9.17, 15) is 5.11 Å². The summed E-state index contributed by atoms with van der Waals surface area (Å²) >= 11 is 12.5. The predicted octanol–water partition coefficient (Wildman–Crippen LogP) is 4.39. The summed E-state index contributed by atoms with van der Waals surface area (Å²) in [5, 5.41) is 31.2. The molecular formula is C23H29FN8OS3. The number of phenolic OH excluding ortho intramolecular Hbond substituents is 1. The number of alkyl halides is 1. The Kier molecular flexibility index (Phi) is 6.39. The van der Waals surface area contributed by atoms with Gasteiger partial charge >= 0.3 is 0 Å². The number of phenols is 1. The second kappa shape index (κ2) is 9.02. The van der Waals surface area contributed by atoms with Crippen molar-refractivity contribution in [2.45, 2.75) is 61.7 Å². The Morgan fingerprint density at radius 1 is 1.14 bits per heavy atom. The molecule has 2 aromatic heterocycles. The van der Waals surface area contributed by atoms with Crippen molar-refractivity contribution in [1.82, 2.24) is 35.4 Å². The van der Waals surface area contributed by atoms with E-state index < -0.39 is 9.71 Å². The predicted molar refractivity (Wildman–Crippen MR) is 145 cm³/mol. The smallest absolute Gasteiger partial charge is 0.213 e. The van der Waals surface area contributed by atoms with E-state index in [2.05, 4.69) is 82.3 Å². The number of thiol groups is 3. The molecule has 5 rings (SSSR count). The highest BCUT2D eigenvalue weighted by Gasteiger charge is 2.54. The summed E-state index contributed by atoms with van der Waals surface area (Å²) < 4.78 is 14.5. The molecule has 2 aliphatic carbocycles. The largest absolute Gasteiger partial charge is 0.507 e. The fourth-order valence-corrected chi connectivity index (χ4v) is 6.18. The van der Waals surface area contributed by atoms with Crippen molar-refractivity contribution in [3.8, 4) is 28.5 Å². The van der Waals surface area contributed by atoms with Crippen molar-refractivity contribution in [3.05, 3.63) is 24.4 Å². The number of hydrogen-bond donors (Lipinski definition) is 4. The van der Waals surface area contributed by atoms with Gasteiger partial charge in [0.1, 0.15) is 11.9 Å². The van der Waals surface area contributed by atoms with Gasteiger partial charge in [0, 0.05) is 18.0 Å². The van der Waals surface area contributed by atoms with Crippen LogP contribution >= 0.6 is 37.9 Å². The van der Waals surface area contributed by atoms with Crippen molar-refractivity contribution in [2.75, 3.05) is 11.9 Å². The Morgan fingerprint density at radius 2 is 1.92 bits per heavy atom. The number of fused-ring (bicyclic) bond motifs is 2. The summed E-state index contributed by atoms with van der Waals surface area (Å²) in [5.41, 5.74) is 0.754. The van der Waals surface area contributed by atoms with Gasteiger partial charge < -0.3 is 10.0 Å². The maximum atomic E-state index is 15.7. The van der Waals surface area contributed by atoms with Gasteiger partial charge in [0.2, 0.25) is 9.36 Å². The zero-order chi connectivity index (χ0) is 25.9. The molecule has 192 valence electrons. The van der Waals surface area contributed by atoms with Crippen molar-refractivity contribution < 1.29 is 9.50 Å². The topological polar surface area (TPSA) is 106 Å². The molecule has 9 nitrogen and oxygen atoms in total. The van der Waals surface area contributed by atoms with Crippen LogP contribution in [0.3, 0.4) is 0 Å². The fourth-order valence-electron chi connectivity index (χ4n) is 5.93. The molecule has 2 aliphatic rings. The van der Waals surface area contributed by atoms with Crippen LogP contribution in [0.1, 0.15) is 46.0 Å². The zero-order valence-electron chi connectivity index (χ0n) is 20.2. The summed E-state index contributed by atoms with van der Waals surface area (Å²) in [5.74, 6) is 0.966. The maximum Gasteiger partial charge on any atom is 0.213 e. The summed E-state index contributed by atoms with van der Waals surface area (Å²) in [4.78, 5) is 7.43. The zero-order valence-corrected chi connectivity index (χ0v) is 22.9. The van der Waals surface area contributed by atoms with E-state index in [1.165, 1.54) is 6.07 Å². The van der Waals surface area contributed by atoms with Gasteiger partial charge in [0.05, 0.1) is 17.8 Å². The number of benzene rings is 1. The minimum absolute atomic E-state index is 0.0644. The lowest BCUT2D eigenvalue weighted by molar-refractivity contribution is -0.0540. The van der Waals surface area contributed by atoms with Gasteiger partial charge in [-0.1, -0.05) is 26.3 Å². The molecule has 3 aromatic rings. The SMILES string of the molecule is CN(c1cnc(-c2ccc(-c3nnn(C(S)(S)S)n3)cc2O)nn1)[C@H]1C[C@]2(C)CCC[C@@](C)(C2)[C@H]1F. The number of halogens is 1. The second-order valence-corrected chi connectivity index (χ2v) is 13.7. The van der Waals surface area contributed by atoms with E-state index in [-0.39, 0.29) is 34.3 Å². The molecule has 2 fully saturated rings. The van der Waals surface area contributed by atoms with Crippen LogP contribution < -0.4 is 4.90 Å². The Labute approximate surface area is 225 Å². The number of anilines is 1. The molecule has 13 heteroatoms. The Bertz CT molecular complexity index is 1270. The van der Waals surface area contributed by atoms with Crippen LogP contribution in [0, 0.1) is 10.8 Å². The van der Waals surface area contributed by atoms with Crippen LogP contribution in [0.25, 0.3) is 22.8 Å². The molecular weight excluding hydrogens is 520 g/mol. The van der Waals surface area contributed by atoms with Crippen LogP contribution in [-0.2, 0) is 3.54 Å². The lowest BCUT2D eigenvalue weighted by atomic mass is 9.54. The normalized spacial score (nSPS) is 28.2. The lowest BCUT2D eigenvalue weighted by Gasteiger charge is -2.55. The summed E-state index contributed by atoms with van der Waals surface area (Å²) in [6.45, 7) is 4.36. The summed E-state index contributed by atoms with van der Waals surface area (Å²) in [7, 11) is 1.86. The van der Waals surface area contributed by atoms with Gasteiger partial charge in [0.15, 0.2) is 11.6 Å². The third-order valence-electron chi connectivity index (χ3n) is 7.65. The first-order valence-electron chi connectivity index (χ1n) is 11.8. The van der Waals surface area contributed by atoms with Crippen molar-refractivity contribution in [2.24, 2.45) is 10.8 Å². The molecule has 2 heterocycles. The van der Waals surface area contributed by atoms with Crippen molar-refractivity contribution >= 4 is 43.7 Å². The van der Waals surface area contributed by atoms with Crippen LogP contribution in [0.2, 0.25) is 0 Å². The fraction of sp³-hybridized carbons (Fsp3) is 0.565. The number of rotatable bonds is 5. The van der Waals surface area contributed by atoms with Gasteiger partial charge in [-0.3, -0.25) is 0 Å². The number of hydrogen-bond acceptors (Lipinski definition) is 11. The van der Waals surface area contributed by atoms with E-state index in [0.717, 1.165) is 36.9 Å². The molecule has 0 aliphatic heterocycles. The summed E-state index contributed by atoms with van der Waals surface area (Å²) in [6.07, 6.45) is 5.46. The third kappa shape index (κ3) is 4.65. The Balaban J connectivity index is 1.36. The molecule has 4 atom stereocenters. The van der Waals surface area contributed by atoms with Gasteiger partial charge in [-0.2, -0.15) is 0 Å². The minimum Gasteiger partial charge on any atom is -0.507 e. The first-order valence-corrected chi connectivity index (χ1v) is 13.1. The number of aromatic nitrogens is 7. The third-order valence-corrected chi connectivity index (χ3v) is 8.19. The molecule has 2 bridgehead atoms. The molecule has 0 unspecified atom stereocenters. The number of aromatic hydroxyl groups is 1. The van der Waals surface area contributed by atoms with Crippen LogP contribution in [-0.4, -0.2) is 59.8 Å². The van der Waals surface area contributed by atoms with Crippen LogP contribution in [0.5, 0.6) is 5.75 Å². The quantitative estimate of drug-likeness (QED) is 0.275. The molecule has 2 saturated carbocycles. The van der Waals surface area contributed by atoms with Crippen molar-refractivity contribution in [3.63, 3.8) is 0 Å². The van der Waals surface area contributed by atoms with E-state index in [1.807, 2.05) is 11.9 Å². The molecule has 1 aromatic carbocycles. The highest BCUT2D eigenvalue weighted by Crippen LogP contribution is 2.57. The van der Waals surface area contributed by atoms with Gasteiger partial charge in [-0.15, -0.1) is 63.1 Å². The maximum absolute atomic E-state index is 15.7. The van der Waals surface area contributed by atoms with E-state index >= 15 is 4.39 Å². The standard InChI is InChI=1S/C23H29FN8OS3/c1-21-7-4-8-22(2,12-21)18(24)15(10-21)31(3)17-11-25-20(27-26-17)14-6-5-13(9-16(14)33)19-28-30-32(29-19)23(34,35)36/h5-6,9,11,15,18,33-36H,4,7-8,10,12H2,1-3H3/t15-,18-,21-,22-/m0/s1. The van der Waals surface area contributed by atoms with E-state index in [4.69, 9.17) is 0 Å². The first-order chi connectivity index (χ1) is 16.9. The molecule has 0 amide bonds. The van der Waals surface area contributed by atoms with Gasteiger partial charge in [-0.05, 0) is 48.4 Å². The number of nitrogens with zero attached hydrogens (tertiary/aromatic N) is 8.